The van der Waals surface area contributed by atoms with Gasteiger partial charge < -0.3 is 4.90 Å². The molecule has 1 aromatic carbocycles. The Balaban J connectivity index is 1.63. The number of hydrogen-bond acceptors (Lipinski definition) is 3. The fourth-order valence-electron chi connectivity index (χ4n) is 3.96. The van der Waals surface area contributed by atoms with Gasteiger partial charge in [-0.15, -0.1) is 0 Å². The van der Waals surface area contributed by atoms with E-state index in [-0.39, 0.29) is 24.2 Å². The maximum absolute atomic E-state index is 13.1. The number of aromatic nitrogens is 3. The van der Waals surface area contributed by atoms with Crippen LogP contribution in [0.25, 0.3) is 11.1 Å². The highest BCUT2D eigenvalue weighted by atomic mass is 19.1. The number of benzene rings is 1. The van der Waals surface area contributed by atoms with Crippen LogP contribution in [-0.2, 0) is 18.3 Å². The molecule has 0 unspecified atom stereocenters. The summed E-state index contributed by atoms with van der Waals surface area (Å²) in [5.41, 5.74) is 4.98. The van der Waals surface area contributed by atoms with Crippen LogP contribution in [0.15, 0.2) is 48.9 Å². The lowest BCUT2D eigenvalue weighted by atomic mass is 9.98. The van der Waals surface area contributed by atoms with Crippen LogP contribution in [0.4, 0.5) is 4.39 Å². The van der Waals surface area contributed by atoms with E-state index >= 15 is 0 Å². The van der Waals surface area contributed by atoms with Gasteiger partial charge in [-0.3, -0.25) is 14.5 Å². The second-order valence-electron chi connectivity index (χ2n) is 7.34. The summed E-state index contributed by atoms with van der Waals surface area (Å²) in [6, 6.07) is 8.09. The number of amides is 1. The SMILES string of the molecule is Cc1cnccc1-c1cn(C)nc1[C@H]1CCCN1C(=O)Cc1ccc(F)cc1. The van der Waals surface area contributed by atoms with Crippen molar-refractivity contribution in [2.75, 3.05) is 6.54 Å². The monoisotopic (exact) mass is 378 g/mol. The molecule has 0 radical (unpaired) electrons. The predicted octanol–water partition coefficient (Wildman–Crippen LogP) is 3.84. The number of aryl methyl sites for hydroxylation is 2. The van der Waals surface area contributed by atoms with Crippen molar-refractivity contribution in [2.45, 2.75) is 32.2 Å². The molecule has 28 heavy (non-hydrogen) atoms. The van der Waals surface area contributed by atoms with Crippen molar-refractivity contribution in [3.8, 4) is 11.1 Å². The highest BCUT2D eigenvalue weighted by Gasteiger charge is 2.33. The van der Waals surface area contributed by atoms with Crippen LogP contribution in [0.3, 0.4) is 0 Å². The highest BCUT2D eigenvalue weighted by molar-refractivity contribution is 5.80. The normalized spacial score (nSPS) is 16.5. The minimum atomic E-state index is -0.291. The quantitative estimate of drug-likeness (QED) is 0.693. The Labute approximate surface area is 163 Å². The van der Waals surface area contributed by atoms with E-state index in [1.807, 2.05) is 42.0 Å². The summed E-state index contributed by atoms with van der Waals surface area (Å²) < 4.78 is 14.9. The van der Waals surface area contributed by atoms with E-state index in [1.54, 1.807) is 18.3 Å². The molecule has 0 spiro atoms. The lowest BCUT2D eigenvalue weighted by Gasteiger charge is -2.24. The number of carbonyl (C=O) groups is 1. The molecule has 1 amide bonds. The van der Waals surface area contributed by atoms with Gasteiger partial charge in [0.25, 0.3) is 0 Å². The first-order chi connectivity index (χ1) is 13.5. The second kappa shape index (κ2) is 7.54. The number of carbonyl (C=O) groups excluding carboxylic acids is 1. The lowest BCUT2D eigenvalue weighted by Crippen LogP contribution is -2.32. The van der Waals surface area contributed by atoms with Crippen LogP contribution in [0.5, 0.6) is 0 Å². The molecular weight excluding hydrogens is 355 g/mol. The number of halogens is 1. The third kappa shape index (κ3) is 3.54. The minimum Gasteiger partial charge on any atom is -0.334 e. The molecule has 6 heteroatoms. The first kappa shape index (κ1) is 18.3. The molecule has 144 valence electrons. The average molecular weight is 378 g/mol. The van der Waals surface area contributed by atoms with Crippen molar-refractivity contribution in [1.82, 2.24) is 19.7 Å². The molecule has 0 N–H and O–H groups in total. The summed E-state index contributed by atoms with van der Waals surface area (Å²) in [6.45, 7) is 2.75. The standard InChI is InChI=1S/C22H23FN4O/c1-15-13-24-10-9-18(15)19-14-26(2)25-22(19)20-4-3-11-27(20)21(28)12-16-5-7-17(23)8-6-16/h5-10,13-14,20H,3-4,11-12H2,1-2H3/t20-/m1/s1. The molecule has 1 aliphatic heterocycles. The van der Waals surface area contributed by atoms with Crippen molar-refractivity contribution in [3.05, 3.63) is 71.6 Å². The van der Waals surface area contributed by atoms with Crippen molar-refractivity contribution in [2.24, 2.45) is 7.05 Å². The van der Waals surface area contributed by atoms with Crippen molar-refractivity contribution in [3.63, 3.8) is 0 Å². The van der Waals surface area contributed by atoms with Crippen LogP contribution in [-0.4, -0.2) is 32.1 Å². The molecule has 5 nitrogen and oxygen atoms in total. The molecule has 3 aromatic rings. The molecule has 0 aliphatic carbocycles. The Morgan fingerprint density at radius 2 is 2.00 bits per heavy atom. The van der Waals surface area contributed by atoms with Crippen molar-refractivity contribution in [1.29, 1.82) is 0 Å². The number of hydrogen-bond donors (Lipinski definition) is 0. The number of nitrogens with zero attached hydrogens (tertiary/aromatic N) is 4. The van der Waals surface area contributed by atoms with Gasteiger partial charge in [0.1, 0.15) is 5.82 Å². The topological polar surface area (TPSA) is 51.0 Å². The average Bonchev–Trinajstić information content (AvgIpc) is 3.30. The molecular formula is C22H23FN4O. The molecule has 3 heterocycles. The third-order valence-corrected chi connectivity index (χ3v) is 5.33. The smallest absolute Gasteiger partial charge is 0.227 e. The maximum atomic E-state index is 13.1. The molecule has 4 rings (SSSR count). The van der Waals surface area contributed by atoms with Gasteiger partial charge in [-0.1, -0.05) is 12.1 Å². The molecule has 1 fully saturated rings. The summed E-state index contributed by atoms with van der Waals surface area (Å²) in [5.74, 6) is -0.238. The van der Waals surface area contributed by atoms with Gasteiger partial charge in [0, 0.05) is 37.7 Å². The zero-order valence-corrected chi connectivity index (χ0v) is 16.1. The van der Waals surface area contributed by atoms with Gasteiger partial charge in [-0.2, -0.15) is 5.10 Å². The van der Waals surface area contributed by atoms with Gasteiger partial charge in [0.15, 0.2) is 0 Å². The van der Waals surface area contributed by atoms with Gasteiger partial charge in [0.05, 0.1) is 18.2 Å². The van der Waals surface area contributed by atoms with E-state index in [4.69, 9.17) is 5.10 Å². The van der Waals surface area contributed by atoms with E-state index in [2.05, 4.69) is 4.98 Å². The summed E-state index contributed by atoms with van der Waals surface area (Å²) in [4.78, 5) is 19.1. The van der Waals surface area contributed by atoms with E-state index in [0.717, 1.165) is 47.3 Å². The van der Waals surface area contributed by atoms with Crippen LogP contribution < -0.4 is 0 Å². The predicted molar refractivity (Wildman–Crippen MR) is 105 cm³/mol. The fourth-order valence-corrected chi connectivity index (χ4v) is 3.96. The number of pyridine rings is 1. The Morgan fingerprint density at radius 3 is 2.75 bits per heavy atom. The number of rotatable bonds is 4. The highest BCUT2D eigenvalue weighted by Crippen LogP contribution is 2.37. The van der Waals surface area contributed by atoms with E-state index in [9.17, 15) is 9.18 Å². The van der Waals surface area contributed by atoms with Crippen LogP contribution in [0, 0.1) is 12.7 Å². The first-order valence-electron chi connectivity index (χ1n) is 9.51. The fraction of sp³-hybridized carbons (Fsp3) is 0.318. The molecule has 0 bridgehead atoms. The van der Waals surface area contributed by atoms with Gasteiger partial charge in [0.2, 0.25) is 5.91 Å². The van der Waals surface area contributed by atoms with E-state index in [0.29, 0.717) is 0 Å². The third-order valence-electron chi connectivity index (χ3n) is 5.33. The zero-order valence-electron chi connectivity index (χ0n) is 16.1. The maximum Gasteiger partial charge on any atom is 0.227 e. The summed E-state index contributed by atoms with van der Waals surface area (Å²) in [5, 5.41) is 4.71. The van der Waals surface area contributed by atoms with Gasteiger partial charge in [-0.25, -0.2) is 4.39 Å². The molecule has 1 saturated heterocycles. The van der Waals surface area contributed by atoms with Crippen molar-refractivity contribution >= 4 is 5.91 Å². The van der Waals surface area contributed by atoms with E-state index < -0.39 is 0 Å². The Morgan fingerprint density at radius 1 is 1.21 bits per heavy atom. The van der Waals surface area contributed by atoms with Crippen LogP contribution >= 0.6 is 0 Å². The largest absolute Gasteiger partial charge is 0.334 e. The number of likely N-dealkylation sites (tertiary alicyclic amines) is 1. The Kier molecular flexibility index (Phi) is 4.94. The zero-order chi connectivity index (χ0) is 19.7. The minimum absolute atomic E-state index is 0.0447. The van der Waals surface area contributed by atoms with Gasteiger partial charge >= 0.3 is 0 Å². The summed E-state index contributed by atoms with van der Waals surface area (Å²) in [7, 11) is 1.91. The van der Waals surface area contributed by atoms with Crippen LogP contribution in [0.2, 0.25) is 0 Å². The Bertz CT molecular complexity index is 996. The lowest BCUT2D eigenvalue weighted by molar-refractivity contribution is -0.131. The molecule has 1 atom stereocenters. The second-order valence-corrected chi connectivity index (χ2v) is 7.34. The molecule has 1 aliphatic rings. The molecule has 0 saturated carbocycles. The summed E-state index contributed by atoms with van der Waals surface area (Å²) >= 11 is 0. The van der Waals surface area contributed by atoms with Crippen LogP contribution in [0.1, 0.15) is 35.7 Å². The summed E-state index contributed by atoms with van der Waals surface area (Å²) in [6.07, 6.45) is 7.75. The van der Waals surface area contributed by atoms with Crippen molar-refractivity contribution < 1.29 is 9.18 Å². The van der Waals surface area contributed by atoms with E-state index in [1.165, 1.54) is 12.1 Å². The Hall–Kier alpha value is -3.02. The first-order valence-corrected chi connectivity index (χ1v) is 9.51. The molecule has 2 aromatic heterocycles. The van der Waals surface area contributed by atoms with Gasteiger partial charge in [-0.05, 0) is 54.7 Å².